The number of aliphatic hydroxyl groups excluding tert-OH is 1. The number of hydrazine groups is 1. The van der Waals surface area contributed by atoms with Gasteiger partial charge in [-0.15, -0.1) is 0 Å². The minimum atomic E-state index is -0.160. The Bertz CT molecular complexity index is 387. The van der Waals surface area contributed by atoms with Crippen molar-refractivity contribution >= 4 is 11.6 Å². The standard InChI is InChI=1S/C12H23N5O2/c1-4-12(5-2,7-18)6-14-10-9(19-3)11(17-13)16-8-15-10/h8,18H,4-7,13H2,1-3H3,(H2,14,15,16,17). The fraction of sp³-hybridized carbons (Fsp3) is 0.667. The maximum Gasteiger partial charge on any atom is 0.205 e. The summed E-state index contributed by atoms with van der Waals surface area (Å²) in [6.45, 7) is 4.85. The van der Waals surface area contributed by atoms with Crippen molar-refractivity contribution in [1.82, 2.24) is 9.97 Å². The van der Waals surface area contributed by atoms with Crippen LogP contribution < -0.4 is 21.3 Å². The highest BCUT2D eigenvalue weighted by Gasteiger charge is 2.26. The van der Waals surface area contributed by atoms with Gasteiger partial charge in [-0.25, -0.2) is 15.8 Å². The van der Waals surface area contributed by atoms with E-state index in [-0.39, 0.29) is 12.0 Å². The highest BCUT2D eigenvalue weighted by atomic mass is 16.5. The predicted octanol–water partition coefficient (Wildman–Crippen LogP) is 0.981. The van der Waals surface area contributed by atoms with E-state index in [0.717, 1.165) is 12.8 Å². The van der Waals surface area contributed by atoms with Crippen LogP contribution >= 0.6 is 0 Å². The lowest BCUT2D eigenvalue weighted by Crippen LogP contribution is -2.32. The highest BCUT2D eigenvalue weighted by molar-refractivity contribution is 5.63. The van der Waals surface area contributed by atoms with Gasteiger partial charge in [0.25, 0.3) is 0 Å². The van der Waals surface area contributed by atoms with E-state index >= 15 is 0 Å². The molecule has 19 heavy (non-hydrogen) atoms. The third-order valence-corrected chi connectivity index (χ3v) is 3.61. The van der Waals surface area contributed by atoms with E-state index in [1.165, 1.54) is 13.4 Å². The molecule has 0 radical (unpaired) electrons. The number of nitrogens with two attached hydrogens (primary N) is 1. The first-order valence-corrected chi connectivity index (χ1v) is 6.36. The Labute approximate surface area is 113 Å². The van der Waals surface area contributed by atoms with E-state index in [1.54, 1.807) is 0 Å². The van der Waals surface area contributed by atoms with Crippen LogP contribution in [0.2, 0.25) is 0 Å². The van der Waals surface area contributed by atoms with Gasteiger partial charge >= 0.3 is 0 Å². The number of nitrogen functional groups attached to an aromatic ring is 1. The van der Waals surface area contributed by atoms with Crippen LogP contribution in [0.5, 0.6) is 5.75 Å². The molecule has 0 atom stereocenters. The Morgan fingerprint density at radius 1 is 1.32 bits per heavy atom. The van der Waals surface area contributed by atoms with Gasteiger partial charge < -0.3 is 20.6 Å². The highest BCUT2D eigenvalue weighted by Crippen LogP contribution is 2.31. The molecule has 0 saturated carbocycles. The Morgan fingerprint density at radius 2 is 1.95 bits per heavy atom. The number of hydrogen-bond donors (Lipinski definition) is 4. The van der Waals surface area contributed by atoms with Crippen LogP contribution in [0, 0.1) is 5.41 Å². The van der Waals surface area contributed by atoms with Gasteiger partial charge in [0, 0.05) is 12.0 Å². The molecule has 0 spiro atoms. The summed E-state index contributed by atoms with van der Waals surface area (Å²) < 4.78 is 5.24. The molecule has 1 rings (SSSR count). The van der Waals surface area contributed by atoms with Gasteiger partial charge in [-0.1, -0.05) is 13.8 Å². The molecule has 0 aliphatic carbocycles. The topological polar surface area (TPSA) is 105 Å². The summed E-state index contributed by atoms with van der Waals surface area (Å²) in [4.78, 5) is 8.11. The Morgan fingerprint density at radius 3 is 2.42 bits per heavy atom. The lowest BCUT2D eigenvalue weighted by atomic mass is 9.83. The summed E-state index contributed by atoms with van der Waals surface area (Å²) in [6, 6.07) is 0. The number of methoxy groups -OCH3 is 1. The average molecular weight is 269 g/mol. The normalized spacial score (nSPS) is 11.2. The van der Waals surface area contributed by atoms with Crippen LogP contribution in [-0.4, -0.2) is 35.3 Å². The summed E-state index contributed by atoms with van der Waals surface area (Å²) in [7, 11) is 1.53. The summed E-state index contributed by atoms with van der Waals surface area (Å²) in [5, 5.41) is 12.7. The Hall–Kier alpha value is -1.60. The molecule has 0 unspecified atom stereocenters. The third kappa shape index (κ3) is 3.45. The number of ether oxygens (including phenoxy) is 1. The summed E-state index contributed by atoms with van der Waals surface area (Å²) in [5.74, 6) is 6.81. The second-order valence-corrected chi connectivity index (χ2v) is 4.47. The van der Waals surface area contributed by atoms with Crippen molar-refractivity contribution in [1.29, 1.82) is 0 Å². The molecule has 0 amide bonds. The zero-order valence-electron chi connectivity index (χ0n) is 11.7. The van der Waals surface area contributed by atoms with E-state index in [4.69, 9.17) is 10.6 Å². The van der Waals surface area contributed by atoms with Gasteiger partial charge in [-0.3, -0.25) is 0 Å². The van der Waals surface area contributed by atoms with Gasteiger partial charge in [0.1, 0.15) is 6.33 Å². The zero-order chi connectivity index (χ0) is 14.3. The lowest BCUT2D eigenvalue weighted by molar-refractivity contribution is 0.127. The molecular formula is C12H23N5O2. The molecule has 0 aliphatic rings. The van der Waals surface area contributed by atoms with Gasteiger partial charge in [0.05, 0.1) is 13.7 Å². The van der Waals surface area contributed by atoms with Crippen LogP contribution in [0.1, 0.15) is 26.7 Å². The maximum atomic E-state index is 9.55. The second-order valence-electron chi connectivity index (χ2n) is 4.47. The van der Waals surface area contributed by atoms with Crippen molar-refractivity contribution in [2.45, 2.75) is 26.7 Å². The lowest BCUT2D eigenvalue weighted by Gasteiger charge is -2.30. The monoisotopic (exact) mass is 269 g/mol. The van der Waals surface area contributed by atoms with Crippen molar-refractivity contribution in [2.75, 3.05) is 31.0 Å². The van der Waals surface area contributed by atoms with Crippen LogP contribution in [0.3, 0.4) is 0 Å². The molecule has 1 aromatic heterocycles. The summed E-state index contributed by atoms with van der Waals surface area (Å²) in [5.41, 5.74) is 2.30. The second kappa shape index (κ2) is 7.10. The van der Waals surface area contributed by atoms with E-state index in [9.17, 15) is 5.11 Å². The van der Waals surface area contributed by atoms with Crippen LogP contribution in [0.4, 0.5) is 11.6 Å². The fourth-order valence-corrected chi connectivity index (χ4v) is 1.85. The Balaban J connectivity index is 2.88. The molecular weight excluding hydrogens is 246 g/mol. The predicted molar refractivity (Wildman–Crippen MR) is 75.0 cm³/mol. The molecule has 0 saturated heterocycles. The molecule has 1 heterocycles. The average Bonchev–Trinajstić information content (AvgIpc) is 2.48. The molecule has 5 N–H and O–H groups in total. The number of nitrogens with one attached hydrogen (secondary N) is 2. The van der Waals surface area contributed by atoms with Crippen molar-refractivity contribution in [2.24, 2.45) is 11.3 Å². The molecule has 0 bridgehead atoms. The van der Waals surface area contributed by atoms with Gasteiger partial charge in [0.15, 0.2) is 11.6 Å². The van der Waals surface area contributed by atoms with E-state index < -0.39 is 0 Å². The largest absolute Gasteiger partial charge is 0.490 e. The van der Waals surface area contributed by atoms with Gasteiger partial charge in [-0.05, 0) is 12.8 Å². The summed E-state index contributed by atoms with van der Waals surface area (Å²) >= 11 is 0. The van der Waals surface area contributed by atoms with Crippen LogP contribution in [0.25, 0.3) is 0 Å². The molecule has 0 aromatic carbocycles. The van der Waals surface area contributed by atoms with E-state index in [0.29, 0.717) is 23.9 Å². The third-order valence-electron chi connectivity index (χ3n) is 3.61. The first kappa shape index (κ1) is 15.5. The zero-order valence-corrected chi connectivity index (χ0v) is 11.7. The number of nitrogens with zero attached hydrogens (tertiary/aromatic N) is 2. The number of rotatable bonds is 8. The van der Waals surface area contributed by atoms with Crippen molar-refractivity contribution in [3.63, 3.8) is 0 Å². The van der Waals surface area contributed by atoms with Gasteiger partial charge in [-0.2, -0.15) is 0 Å². The molecule has 7 heteroatoms. The number of aliphatic hydroxyl groups is 1. The minimum absolute atomic E-state index is 0.127. The SMILES string of the molecule is CCC(CC)(CO)CNc1ncnc(NN)c1OC. The molecule has 7 nitrogen and oxygen atoms in total. The van der Waals surface area contributed by atoms with Crippen LogP contribution in [0.15, 0.2) is 6.33 Å². The maximum absolute atomic E-state index is 9.55. The first-order chi connectivity index (χ1) is 9.16. The fourth-order valence-electron chi connectivity index (χ4n) is 1.85. The van der Waals surface area contributed by atoms with Crippen molar-refractivity contribution in [3.05, 3.63) is 6.33 Å². The first-order valence-electron chi connectivity index (χ1n) is 6.36. The number of anilines is 2. The smallest absolute Gasteiger partial charge is 0.205 e. The molecule has 108 valence electrons. The molecule has 1 aromatic rings. The summed E-state index contributed by atoms with van der Waals surface area (Å²) in [6.07, 6.45) is 3.16. The number of hydrogen-bond acceptors (Lipinski definition) is 7. The Kier molecular flexibility index (Phi) is 5.78. The van der Waals surface area contributed by atoms with Gasteiger partial charge in [0.2, 0.25) is 5.75 Å². The van der Waals surface area contributed by atoms with Crippen molar-refractivity contribution < 1.29 is 9.84 Å². The van der Waals surface area contributed by atoms with Crippen molar-refractivity contribution in [3.8, 4) is 5.75 Å². The molecule has 0 fully saturated rings. The quantitative estimate of drug-likeness (QED) is 0.412. The van der Waals surface area contributed by atoms with E-state index in [2.05, 4.69) is 34.6 Å². The minimum Gasteiger partial charge on any atom is -0.490 e. The van der Waals surface area contributed by atoms with E-state index in [1.807, 2.05) is 0 Å². The molecule has 0 aliphatic heterocycles. The van der Waals surface area contributed by atoms with Crippen LogP contribution in [-0.2, 0) is 0 Å². The number of aromatic nitrogens is 2.